The van der Waals surface area contributed by atoms with E-state index < -0.39 is 0 Å². The quantitative estimate of drug-likeness (QED) is 0.629. The van der Waals surface area contributed by atoms with Crippen molar-refractivity contribution in [3.05, 3.63) is 17.5 Å². The van der Waals surface area contributed by atoms with E-state index >= 15 is 0 Å². The van der Waals surface area contributed by atoms with Gasteiger partial charge in [-0.15, -0.1) is 0 Å². The smallest absolute Gasteiger partial charge is 0.138 e. The van der Waals surface area contributed by atoms with Crippen molar-refractivity contribution in [3.8, 4) is 0 Å². The molecule has 0 fully saturated rings. The van der Waals surface area contributed by atoms with Gasteiger partial charge in [-0.2, -0.15) is 5.10 Å². The molecular formula is C15H26N2O. The predicted molar refractivity (Wildman–Crippen MR) is 74.7 cm³/mol. The maximum atomic E-state index is 11.9. The molecule has 0 aromatic carbocycles. The summed E-state index contributed by atoms with van der Waals surface area (Å²) >= 11 is 0. The van der Waals surface area contributed by atoms with Crippen LogP contribution in [-0.4, -0.2) is 15.6 Å². The molecule has 0 unspecified atom stereocenters. The van der Waals surface area contributed by atoms with E-state index in [-0.39, 0.29) is 0 Å². The zero-order chi connectivity index (χ0) is 13.4. The summed E-state index contributed by atoms with van der Waals surface area (Å²) in [7, 11) is 1.92. The van der Waals surface area contributed by atoms with Crippen LogP contribution >= 0.6 is 0 Å². The monoisotopic (exact) mass is 250 g/mol. The normalized spacial score (nSPS) is 10.8. The van der Waals surface area contributed by atoms with E-state index in [1.807, 2.05) is 11.7 Å². The van der Waals surface area contributed by atoms with Gasteiger partial charge >= 0.3 is 0 Å². The minimum atomic E-state index is 0.345. The average molecular weight is 250 g/mol. The molecule has 1 rings (SSSR count). The van der Waals surface area contributed by atoms with Gasteiger partial charge in [-0.25, -0.2) is 0 Å². The summed E-state index contributed by atoms with van der Waals surface area (Å²) in [5, 5.41) is 4.37. The van der Waals surface area contributed by atoms with Crippen molar-refractivity contribution in [1.82, 2.24) is 9.78 Å². The minimum Gasteiger partial charge on any atom is -0.299 e. The summed E-state index contributed by atoms with van der Waals surface area (Å²) in [6.07, 6.45) is 8.21. The Morgan fingerprint density at radius 3 is 2.56 bits per heavy atom. The van der Waals surface area contributed by atoms with Gasteiger partial charge in [0.1, 0.15) is 5.78 Å². The molecule has 0 N–H and O–H groups in total. The molecule has 0 saturated heterocycles. The second-order valence-electron chi connectivity index (χ2n) is 4.98. The predicted octanol–water partition coefficient (Wildman–Crippen LogP) is 3.45. The van der Waals surface area contributed by atoms with Gasteiger partial charge < -0.3 is 0 Å². The van der Waals surface area contributed by atoms with Crippen molar-refractivity contribution in [2.24, 2.45) is 7.05 Å². The van der Waals surface area contributed by atoms with Crippen molar-refractivity contribution in [2.75, 3.05) is 0 Å². The summed E-state index contributed by atoms with van der Waals surface area (Å²) in [5.41, 5.74) is 2.12. The molecule has 3 heteroatoms. The molecule has 0 amide bonds. The molecular weight excluding hydrogens is 224 g/mol. The van der Waals surface area contributed by atoms with Crippen molar-refractivity contribution >= 4 is 5.78 Å². The van der Waals surface area contributed by atoms with Crippen molar-refractivity contribution < 1.29 is 4.79 Å². The number of aryl methyl sites for hydroxylation is 2. The first-order valence-electron chi connectivity index (χ1n) is 7.20. The standard InChI is InChI=1S/C15H26N2O/c1-4-6-7-8-9-10-15(18)12-14-11-13(5-2)16-17(14)3/h11H,4-10,12H2,1-3H3. The zero-order valence-electron chi connectivity index (χ0n) is 12.0. The van der Waals surface area contributed by atoms with Gasteiger partial charge in [0.15, 0.2) is 0 Å². The number of aromatic nitrogens is 2. The molecule has 1 aromatic heterocycles. The highest BCUT2D eigenvalue weighted by atomic mass is 16.1. The van der Waals surface area contributed by atoms with Gasteiger partial charge in [0, 0.05) is 25.6 Å². The van der Waals surface area contributed by atoms with Crippen LogP contribution in [0.3, 0.4) is 0 Å². The van der Waals surface area contributed by atoms with Gasteiger partial charge in [-0.1, -0.05) is 39.5 Å². The molecule has 0 spiro atoms. The summed E-state index contributed by atoms with van der Waals surface area (Å²) < 4.78 is 1.84. The third kappa shape index (κ3) is 5.03. The lowest BCUT2D eigenvalue weighted by Gasteiger charge is -2.02. The molecule has 18 heavy (non-hydrogen) atoms. The van der Waals surface area contributed by atoms with Crippen LogP contribution in [0.4, 0.5) is 0 Å². The van der Waals surface area contributed by atoms with Crippen molar-refractivity contribution in [3.63, 3.8) is 0 Å². The number of hydrogen-bond acceptors (Lipinski definition) is 2. The Labute approximate surface area is 111 Å². The number of unbranched alkanes of at least 4 members (excludes halogenated alkanes) is 4. The number of ketones is 1. The lowest BCUT2D eigenvalue weighted by atomic mass is 10.1. The maximum Gasteiger partial charge on any atom is 0.138 e. The lowest BCUT2D eigenvalue weighted by Crippen LogP contribution is -2.07. The third-order valence-electron chi connectivity index (χ3n) is 3.33. The van der Waals surface area contributed by atoms with E-state index in [9.17, 15) is 4.79 Å². The molecule has 0 aliphatic heterocycles. The highest BCUT2D eigenvalue weighted by Crippen LogP contribution is 2.09. The molecule has 0 atom stereocenters. The third-order valence-corrected chi connectivity index (χ3v) is 3.33. The molecule has 0 radical (unpaired) electrons. The average Bonchev–Trinajstić information content (AvgIpc) is 2.70. The highest BCUT2D eigenvalue weighted by Gasteiger charge is 2.09. The van der Waals surface area contributed by atoms with Gasteiger partial charge in [0.25, 0.3) is 0 Å². The fourth-order valence-electron chi connectivity index (χ4n) is 2.13. The van der Waals surface area contributed by atoms with Crippen LogP contribution in [0.25, 0.3) is 0 Å². The van der Waals surface area contributed by atoms with E-state index in [4.69, 9.17) is 0 Å². The molecule has 0 aliphatic carbocycles. The Bertz CT molecular complexity index is 369. The number of hydrogen-bond donors (Lipinski definition) is 0. The Morgan fingerprint density at radius 2 is 1.94 bits per heavy atom. The minimum absolute atomic E-state index is 0.345. The van der Waals surface area contributed by atoms with Crippen LogP contribution in [0.15, 0.2) is 6.07 Å². The van der Waals surface area contributed by atoms with Crippen LogP contribution in [0.5, 0.6) is 0 Å². The first kappa shape index (κ1) is 14.9. The van der Waals surface area contributed by atoms with Crippen LogP contribution < -0.4 is 0 Å². The molecule has 1 aromatic rings. The number of Topliss-reactive ketones (excluding diaryl/α,β-unsaturated/α-hetero) is 1. The van der Waals surface area contributed by atoms with Crippen molar-refractivity contribution in [1.29, 1.82) is 0 Å². The SMILES string of the molecule is CCCCCCCC(=O)Cc1cc(CC)nn1C. The second kappa shape index (κ2) is 8.06. The highest BCUT2D eigenvalue weighted by molar-refractivity contribution is 5.80. The largest absolute Gasteiger partial charge is 0.299 e. The van der Waals surface area contributed by atoms with Gasteiger partial charge in [0.2, 0.25) is 0 Å². The molecule has 0 bridgehead atoms. The lowest BCUT2D eigenvalue weighted by molar-refractivity contribution is -0.118. The van der Waals surface area contributed by atoms with Gasteiger partial charge in [-0.05, 0) is 18.9 Å². The first-order chi connectivity index (χ1) is 8.67. The number of rotatable bonds is 9. The van der Waals surface area contributed by atoms with E-state index in [0.717, 1.165) is 30.7 Å². The van der Waals surface area contributed by atoms with Crippen molar-refractivity contribution in [2.45, 2.75) is 65.2 Å². The van der Waals surface area contributed by atoms with Crippen LogP contribution in [-0.2, 0) is 24.7 Å². The van der Waals surface area contributed by atoms with Crippen LogP contribution in [0.1, 0.15) is 63.8 Å². The van der Waals surface area contributed by atoms with E-state index in [1.165, 1.54) is 25.7 Å². The van der Waals surface area contributed by atoms with E-state index in [1.54, 1.807) is 0 Å². The van der Waals surface area contributed by atoms with Crippen LogP contribution in [0.2, 0.25) is 0 Å². The maximum absolute atomic E-state index is 11.9. The molecule has 0 saturated carbocycles. The second-order valence-corrected chi connectivity index (χ2v) is 4.98. The topological polar surface area (TPSA) is 34.9 Å². The fourth-order valence-corrected chi connectivity index (χ4v) is 2.13. The van der Waals surface area contributed by atoms with Gasteiger partial charge in [0.05, 0.1) is 5.69 Å². The summed E-state index contributed by atoms with van der Waals surface area (Å²) in [6.45, 7) is 4.29. The zero-order valence-corrected chi connectivity index (χ0v) is 12.0. The molecule has 3 nitrogen and oxygen atoms in total. The van der Waals surface area contributed by atoms with E-state index in [2.05, 4.69) is 25.0 Å². The molecule has 0 aliphatic rings. The number of carbonyl (C=O) groups excluding carboxylic acids is 1. The summed E-state index contributed by atoms with van der Waals surface area (Å²) in [4.78, 5) is 11.9. The Balaban J connectivity index is 2.28. The summed E-state index contributed by atoms with van der Waals surface area (Å²) in [5.74, 6) is 0.345. The molecule has 102 valence electrons. The number of carbonyl (C=O) groups is 1. The fraction of sp³-hybridized carbons (Fsp3) is 0.733. The van der Waals surface area contributed by atoms with Crippen LogP contribution in [0, 0.1) is 0 Å². The van der Waals surface area contributed by atoms with Gasteiger partial charge in [-0.3, -0.25) is 9.48 Å². The summed E-state index contributed by atoms with van der Waals surface area (Å²) in [6, 6.07) is 2.05. The Morgan fingerprint density at radius 1 is 1.22 bits per heavy atom. The Kier molecular flexibility index (Phi) is 6.69. The number of nitrogens with zero attached hydrogens (tertiary/aromatic N) is 2. The van der Waals surface area contributed by atoms with E-state index in [0.29, 0.717) is 12.2 Å². The first-order valence-corrected chi connectivity index (χ1v) is 7.20. The Hall–Kier alpha value is -1.12. The molecule has 1 heterocycles.